The van der Waals surface area contributed by atoms with Crippen molar-refractivity contribution >= 4 is 49.4 Å². The Morgan fingerprint density at radius 3 is 1.78 bits per heavy atom. The SMILES string of the molecule is c1ccc(-c2ccc(N(c3cccc4c3Oc3cccc5cccc(c35)O4)c3cc4ccccc4c4ccccc34)cc2)cc1. The summed E-state index contributed by atoms with van der Waals surface area (Å²) in [5.74, 6) is 2.91. The molecule has 3 nitrogen and oxygen atoms in total. The molecule has 0 fully saturated rings. The molecule has 0 aromatic heterocycles. The van der Waals surface area contributed by atoms with E-state index < -0.39 is 0 Å². The molecular formula is C42H27NO2. The summed E-state index contributed by atoms with van der Waals surface area (Å²) in [4.78, 5) is 2.31. The van der Waals surface area contributed by atoms with Crippen LogP contribution in [-0.2, 0) is 0 Å². The predicted octanol–water partition coefficient (Wildman–Crippen LogP) is 12.2. The summed E-state index contributed by atoms with van der Waals surface area (Å²) in [7, 11) is 0. The Morgan fingerprint density at radius 1 is 0.378 bits per heavy atom. The number of para-hydroxylation sites is 1. The fraction of sp³-hybridized carbons (Fsp3) is 0. The van der Waals surface area contributed by atoms with Crippen LogP contribution in [0.3, 0.4) is 0 Å². The molecule has 0 amide bonds. The van der Waals surface area contributed by atoms with E-state index in [9.17, 15) is 0 Å². The molecule has 0 saturated carbocycles. The van der Waals surface area contributed by atoms with Crippen LogP contribution in [0, 0.1) is 0 Å². The van der Waals surface area contributed by atoms with Crippen LogP contribution >= 0.6 is 0 Å². The lowest BCUT2D eigenvalue weighted by Gasteiger charge is -2.29. The van der Waals surface area contributed by atoms with Gasteiger partial charge in [-0.3, -0.25) is 0 Å². The van der Waals surface area contributed by atoms with Crippen LogP contribution in [0.25, 0.3) is 43.4 Å². The number of fused-ring (bicyclic) bond motifs is 4. The van der Waals surface area contributed by atoms with Gasteiger partial charge < -0.3 is 14.4 Å². The number of benzene rings is 8. The molecule has 45 heavy (non-hydrogen) atoms. The van der Waals surface area contributed by atoms with Crippen LogP contribution in [0.2, 0.25) is 0 Å². The Bertz CT molecular complexity index is 2370. The first-order valence-corrected chi connectivity index (χ1v) is 15.2. The zero-order valence-electron chi connectivity index (χ0n) is 24.4. The van der Waals surface area contributed by atoms with E-state index in [1.54, 1.807) is 0 Å². The molecule has 0 N–H and O–H groups in total. The zero-order chi connectivity index (χ0) is 29.7. The third-order valence-corrected chi connectivity index (χ3v) is 8.68. The minimum Gasteiger partial charge on any atom is -0.453 e. The van der Waals surface area contributed by atoms with Crippen molar-refractivity contribution in [1.82, 2.24) is 0 Å². The Balaban J connectivity index is 1.31. The van der Waals surface area contributed by atoms with Gasteiger partial charge in [-0.1, -0.05) is 121 Å². The van der Waals surface area contributed by atoms with Crippen molar-refractivity contribution in [3.8, 4) is 34.1 Å². The molecule has 3 heteroatoms. The van der Waals surface area contributed by atoms with Crippen LogP contribution in [0.4, 0.5) is 17.1 Å². The molecule has 8 aromatic rings. The van der Waals surface area contributed by atoms with E-state index in [1.165, 1.54) is 21.7 Å². The fourth-order valence-electron chi connectivity index (χ4n) is 6.60. The number of hydrogen-bond donors (Lipinski definition) is 0. The van der Waals surface area contributed by atoms with E-state index in [4.69, 9.17) is 9.47 Å². The summed E-state index contributed by atoms with van der Waals surface area (Å²) >= 11 is 0. The molecule has 1 heterocycles. The van der Waals surface area contributed by atoms with Gasteiger partial charge in [0.2, 0.25) is 0 Å². The van der Waals surface area contributed by atoms with Gasteiger partial charge in [0.15, 0.2) is 11.5 Å². The monoisotopic (exact) mass is 577 g/mol. The highest BCUT2D eigenvalue weighted by Crippen LogP contribution is 2.53. The summed E-state index contributed by atoms with van der Waals surface area (Å²) in [5, 5.41) is 6.80. The van der Waals surface area contributed by atoms with Crippen LogP contribution < -0.4 is 14.4 Å². The minimum absolute atomic E-state index is 0.672. The average molecular weight is 578 g/mol. The lowest BCUT2D eigenvalue weighted by atomic mass is 9.98. The maximum atomic E-state index is 6.86. The van der Waals surface area contributed by atoms with Gasteiger partial charge in [-0.2, -0.15) is 0 Å². The quantitative estimate of drug-likeness (QED) is 0.194. The second-order valence-electron chi connectivity index (χ2n) is 11.3. The van der Waals surface area contributed by atoms with Crippen molar-refractivity contribution < 1.29 is 9.47 Å². The summed E-state index contributed by atoms with van der Waals surface area (Å²) in [6.45, 7) is 0. The molecule has 0 unspecified atom stereocenters. The van der Waals surface area contributed by atoms with Crippen LogP contribution in [0.5, 0.6) is 23.0 Å². The smallest absolute Gasteiger partial charge is 0.193 e. The zero-order valence-corrected chi connectivity index (χ0v) is 24.4. The van der Waals surface area contributed by atoms with Crippen molar-refractivity contribution in [2.45, 2.75) is 0 Å². The second kappa shape index (κ2) is 10.3. The van der Waals surface area contributed by atoms with E-state index in [0.29, 0.717) is 11.5 Å². The summed E-state index contributed by atoms with van der Waals surface area (Å²) in [6, 6.07) is 57.2. The lowest BCUT2D eigenvalue weighted by Crippen LogP contribution is -2.12. The molecule has 9 rings (SSSR count). The molecule has 0 atom stereocenters. The first kappa shape index (κ1) is 25.4. The van der Waals surface area contributed by atoms with Gasteiger partial charge in [-0.05, 0) is 75.1 Å². The standard InChI is InChI=1S/C42H27NO2/c1-2-11-28(12-3-1)29-23-25-32(26-24-29)43(37-27-31-13-4-5-16-33(31)34-17-6-7-18-35(34)37)36-19-10-22-40-42(36)45-39-21-9-15-30-14-8-20-38(44-40)41(30)39/h1-27H. The number of anilines is 3. The van der Waals surface area contributed by atoms with Gasteiger partial charge in [-0.15, -0.1) is 0 Å². The van der Waals surface area contributed by atoms with E-state index in [-0.39, 0.29) is 0 Å². The van der Waals surface area contributed by atoms with E-state index in [0.717, 1.165) is 50.3 Å². The molecule has 1 aliphatic heterocycles. The fourth-order valence-corrected chi connectivity index (χ4v) is 6.60. The number of nitrogens with zero attached hydrogens (tertiary/aromatic N) is 1. The van der Waals surface area contributed by atoms with Crippen molar-refractivity contribution in [2.75, 3.05) is 4.90 Å². The van der Waals surface area contributed by atoms with Gasteiger partial charge >= 0.3 is 0 Å². The highest BCUT2D eigenvalue weighted by Gasteiger charge is 2.26. The van der Waals surface area contributed by atoms with Crippen molar-refractivity contribution in [1.29, 1.82) is 0 Å². The van der Waals surface area contributed by atoms with Gasteiger partial charge in [-0.25, -0.2) is 0 Å². The maximum absolute atomic E-state index is 6.86. The molecular weight excluding hydrogens is 550 g/mol. The molecule has 0 spiro atoms. The Morgan fingerprint density at radius 2 is 0.978 bits per heavy atom. The van der Waals surface area contributed by atoms with Gasteiger partial charge in [0.05, 0.1) is 16.8 Å². The summed E-state index contributed by atoms with van der Waals surface area (Å²) < 4.78 is 13.5. The molecule has 8 aromatic carbocycles. The maximum Gasteiger partial charge on any atom is 0.193 e. The highest BCUT2D eigenvalue weighted by atomic mass is 16.5. The van der Waals surface area contributed by atoms with Crippen LogP contribution in [0.1, 0.15) is 0 Å². The van der Waals surface area contributed by atoms with E-state index >= 15 is 0 Å². The van der Waals surface area contributed by atoms with Crippen molar-refractivity contribution in [3.05, 3.63) is 164 Å². The van der Waals surface area contributed by atoms with Crippen LogP contribution in [0.15, 0.2) is 164 Å². The normalized spacial score (nSPS) is 11.9. The van der Waals surface area contributed by atoms with Gasteiger partial charge in [0, 0.05) is 11.1 Å². The Kier molecular flexibility index (Phi) is 5.82. The average Bonchev–Trinajstić information content (AvgIpc) is 3.27. The lowest BCUT2D eigenvalue weighted by molar-refractivity contribution is 0.440. The molecule has 0 saturated heterocycles. The summed E-state index contributed by atoms with van der Waals surface area (Å²) in [5.41, 5.74) is 5.32. The first-order valence-electron chi connectivity index (χ1n) is 15.2. The van der Waals surface area contributed by atoms with Crippen molar-refractivity contribution in [2.24, 2.45) is 0 Å². The number of hydrogen-bond acceptors (Lipinski definition) is 3. The topological polar surface area (TPSA) is 21.7 Å². The highest BCUT2D eigenvalue weighted by molar-refractivity contribution is 6.14. The molecule has 0 radical (unpaired) electrons. The van der Waals surface area contributed by atoms with Crippen molar-refractivity contribution in [3.63, 3.8) is 0 Å². The number of rotatable bonds is 4. The van der Waals surface area contributed by atoms with E-state index in [1.807, 2.05) is 42.5 Å². The van der Waals surface area contributed by atoms with Gasteiger partial charge in [0.25, 0.3) is 0 Å². The second-order valence-corrected chi connectivity index (χ2v) is 11.3. The molecule has 212 valence electrons. The number of ether oxygens (including phenoxy) is 2. The summed E-state index contributed by atoms with van der Waals surface area (Å²) in [6.07, 6.45) is 0. The molecule has 1 aliphatic rings. The minimum atomic E-state index is 0.672. The predicted molar refractivity (Wildman–Crippen MR) is 186 cm³/mol. The Hall–Kier alpha value is -6.06. The van der Waals surface area contributed by atoms with Gasteiger partial charge in [0.1, 0.15) is 11.5 Å². The molecule has 0 bridgehead atoms. The third kappa shape index (κ3) is 4.21. The Labute approximate surface area is 261 Å². The first-order chi connectivity index (χ1) is 22.3. The third-order valence-electron chi connectivity index (χ3n) is 8.68. The largest absolute Gasteiger partial charge is 0.453 e. The molecule has 0 aliphatic carbocycles. The van der Waals surface area contributed by atoms with E-state index in [2.05, 4.69) is 126 Å². The van der Waals surface area contributed by atoms with Crippen LogP contribution in [-0.4, -0.2) is 0 Å².